The SMILES string of the molecule is O=C(NCCNC(=O)c1ccc(NC(=O)c2cc(Cl)ccc2[N+](=O)[O-])cc1)c1ccccc1. The summed E-state index contributed by atoms with van der Waals surface area (Å²) >= 11 is 5.85. The molecule has 10 heteroatoms. The fourth-order valence-electron chi connectivity index (χ4n) is 2.90. The summed E-state index contributed by atoms with van der Waals surface area (Å²) in [6, 6.07) is 18.4. The average Bonchev–Trinajstić information content (AvgIpc) is 2.82. The number of amides is 3. The minimum atomic E-state index is -0.699. The molecule has 0 saturated heterocycles. The highest BCUT2D eigenvalue weighted by Crippen LogP contribution is 2.24. The Morgan fingerprint density at radius 2 is 1.36 bits per heavy atom. The van der Waals surface area contributed by atoms with Crippen LogP contribution in [0.2, 0.25) is 5.02 Å². The third-order valence-corrected chi connectivity index (χ3v) is 4.77. The normalized spacial score (nSPS) is 10.2. The summed E-state index contributed by atoms with van der Waals surface area (Å²) in [6.07, 6.45) is 0. The van der Waals surface area contributed by atoms with E-state index in [1.165, 1.54) is 36.4 Å². The van der Waals surface area contributed by atoms with Crippen LogP contribution in [0.5, 0.6) is 0 Å². The first kappa shape index (κ1) is 23.4. The highest BCUT2D eigenvalue weighted by atomic mass is 35.5. The fourth-order valence-corrected chi connectivity index (χ4v) is 3.07. The Kier molecular flexibility index (Phi) is 7.72. The van der Waals surface area contributed by atoms with Crippen molar-refractivity contribution < 1.29 is 19.3 Å². The predicted octanol–water partition coefficient (Wildman–Crippen LogP) is 3.66. The molecular formula is C23H19ClN4O5. The maximum atomic E-state index is 12.5. The van der Waals surface area contributed by atoms with Crippen molar-refractivity contribution in [3.05, 3.63) is 105 Å². The van der Waals surface area contributed by atoms with Gasteiger partial charge in [-0.05, 0) is 48.5 Å². The molecule has 9 nitrogen and oxygen atoms in total. The minimum Gasteiger partial charge on any atom is -0.350 e. The van der Waals surface area contributed by atoms with E-state index in [-0.39, 0.29) is 41.2 Å². The van der Waals surface area contributed by atoms with Gasteiger partial charge in [0.25, 0.3) is 23.4 Å². The van der Waals surface area contributed by atoms with E-state index in [0.717, 1.165) is 6.07 Å². The Morgan fingerprint density at radius 3 is 1.94 bits per heavy atom. The summed E-state index contributed by atoms with van der Waals surface area (Å²) in [5.41, 5.74) is 0.681. The van der Waals surface area contributed by atoms with Crippen molar-refractivity contribution in [3.63, 3.8) is 0 Å². The molecular weight excluding hydrogens is 448 g/mol. The number of rotatable bonds is 8. The molecule has 3 rings (SSSR count). The predicted molar refractivity (Wildman–Crippen MR) is 124 cm³/mol. The van der Waals surface area contributed by atoms with Gasteiger partial charge in [-0.2, -0.15) is 0 Å². The van der Waals surface area contributed by atoms with Crippen LogP contribution in [0.1, 0.15) is 31.1 Å². The highest BCUT2D eigenvalue weighted by Gasteiger charge is 2.20. The van der Waals surface area contributed by atoms with Crippen molar-refractivity contribution in [2.24, 2.45) is 0 Å². The number of nitro groups is 1. The van der Waals surface area contributed by atoms with E-state index in [2.05, 4.69) is 16.0 Å². The molecule has 3 amide bonds. The van der Waals surface area contributed by atoms with Crippen LogP contribution in [0, 0.1) is 10.1 Å². The molecule has 3 aromatic rings. The maximum absolute atomic E-state index is 12.5. The van der Waals surface area contributed by atoms with Crippen LogP contribution in [0.4, 0.5) is 11.4 Å². The zero-order chi connectivity index (χ0) is 23.8. The molecule has 0 spiro atoms. The molecule has 0 radical (unpaired) electrons. The van der Waals surface area contributed by atoms with Crippen LogP contribution < -0.4 is 16.0 Å². The molecule has 0 atom stereocenters. The summed E-state index contributed by atoms with van der Waals surface area (Å²) in [6.45, 7) is 0.486. The van der Waals surface area contributed by atoms with E-state index in [1.807, 2.05) is 6.07 Å². The summed E-state index contributed by atoms with van der Waals surface area (Å²) in [5.74, 6) is -1.28. The third kappa shape index (κ3) is 6.37. The quantitative estimate of drug-likeness (QED) is 0.265. The Labute approximate surface area is 193 Å². The van der Waals surface area contributed by atoms with E-state index in [0.29, 0.717) is 16.8 Å². The lowest BCUT2D eigenvalue weighted by molar-refractivity contribution is -0.385. The Balaban J connectivity index is 1.52. The molecule has 3 aromatic carbocycles. The van der Waals surface area contributed by atoms with Gasteiger partial charge in [0.05, 0.1) is 4.92 Å². The summed E-state index contributed by atoms with van der Waals surface area (Å²) in [7, 11) is 0. The number of halogens is 1. The molecule has 0 aliphatic carbocycles. The topological polar surface area (TPSA) is 130 Å². The van der Waals surface area contributed by atoms with E-state index >= 15 is 0 Å². The van der Waals surface area contributed by atoms with Crippen LogP contribution in [0.25, 0.3) is 0 Å². The zero-order valence-corrected chi connectivity index (χ0v) is 18.0. The number of hydrogen-bond donors (Lipinski definition) is 3. The lowest BCUT2D eigenvalue weighted by Gasteiger charge is -2.09. The first-order valence-corrected chi connectivity index (χ1v) is 10.2. The number of carbonyl (C=O) groups excluding carboxylic acids is 3. The molecule has 0 heterocycles. The van der Waals surface area contributed by atoms with Crippen LogP contribution in [-0.4, -0.2) is 35.7 Å². The number of anilines is 1. The molecule has 0 fully saturated rings. The molecule has 0 aromatic heterocycles. The molecule has 0 saturated carbocycles. The lowest BCUT2D eigenvalue weighted by atomic mass is 10.1. The molecule has 0 aliphatic heterocycles. The molecule has 0 aliphatic rings. The second kappa shape index (κ2) is 10.9. The molecule has 168 valence electrons. The van der Waals surface area contributed by atoms with E-state index in [1.54, 1.807) is 24.3 Å². The Morgan fingerprint density at radius 1 is 0.788 bits per heavy atom. The summed E-state index contributed by atoms with van der Waals surface area (Å²) < 4.78 is 0. The van der Waals surface area contributed by atoms with Gasteiger partial charge in [0.15, 0.2) is 0 Å². The van der Waals surface area contributed by atoms with Crippen molar-refractivity contribution in [1.29, 1.82) is 0 Å². The van der Waals surface area contributed by atoms with Gasteiger partial charge in [-0.25, -0.2) is 0 Å². The van der Waals surface area contributed by atoms with E-state index in [4.69, 9.17) is 11.6 Å². The number of nitrogens with zero attached hydrogens (tertiary/aromatic N) is 1. The van der Waals surface area contributed by atoms with E-state index in [9.17, 15) is 24.5 Å². The van der Waals surface area contributed by atoms with Crippen molar-refractivity contribution in [2.75, 3.05) is 18.4 Å². The van der Waals surface area contributed by atoms with Gasteiger partial charge in [0, 0.05) is 41.0 Å². The zero-order valence-electron chi connectivity index (χ0n) is 17.2. The van der Waals surface area contributed by atoms with Gasteiger partial charge in [-0.15, -0.1) is 0 Å². The largest absolute Gasteiger partial charge is 0.350 e. The number of benzene rings is 3. The van der Waals surface area contributed by atoms with Crippen LogP contribution >= 0.6 is 11.6 Å². The summed E-state index contributed by atoms with van der Waals surface area (Å²) in [4.78, 5) is 47.2. The van der Waals surface area contributed by atoms with Crippen LogP contribution in [0.15, 0.2) is 72.8 Å². The Bertz CT molecular complexity index is 1180. The molecule has 0 unspecified atom stereocenters. The maximum Gasteiger partial charge on any atom is 0.282 e. The first-order chi connectivity index (χ1) is 15.8. The minimum absolute atomic E-state index is 0.174. The first-order valence-electron chi connectivity index (χ1n) is 9.82. The summed E-state index contributed by atoms with van der Waals surface area (Å²) in [5, 5.41) is 19.3. The van der Waals surface area contributed by atoms with Gasteiger partial charge in [-0.3, -0.25) is 24.5 Å². The van der Waals surface area contributed by atoms with Crippen molar-refractivity contribution in [1.82, 2.24) is 10.6 Å². The molecule has 3 N–H and O–H groups in total. The van der Waals surface area contributed by atoms with Gasteiger partial charge < -0.3 is 16.0 Å². The van der Waals surface area contributed by atoms with Crippen LogP contribution in [-0.2, 0) is 0 Å². The van der Waals surface area contributed by atoms with Gasteiger partial charge in [0.1, 0.15) is 5.56 Å². The number of carbonyl (C=O) groups is 3. The Hall–Kier alpha value is -4.24. The number of nitro benzene ring substituents is 1. The van der Waals surface area contributed by atoms with Gasteiger partial charge >= 0.3 is 0 Å². The molecule has 33 heavy (non-hydrogen) atoms. The van der Waals surface area contributed by atoms with Gasteiger partial charge in [-0.1, -0.05) is 29.8 Å². The third-order valence-electron chi connectivity index (χ3n) is 4.54. The molecule has 0 bridgehead atoms. The second-order valence-corrected chi connectivity index (χ2v) is 7.26. The number of hydrogen-bond acceptors (Lipinski definition) is 5. The van der Waals surface area contributed by atoms with E-state index < -0.39 is 10.8 Å². The monoisotopic (exact) mass is 466 g/mol. The smallest absolute Gasteiger partial charge is 0.282 e. The second-order valence-electron chi connectivity index (χ2n) is 6.83. The lowest BCUT2D eigenvalue weighted by Crippen LogP contribution is -2.34. The fraction of sp³-hybridized carbons (Fsp3) is 0.0870. The van der Waals surface area contributed by atoms with Crippen LogP contribution in [0.3, 0.4) is 0 Å². The standard InChI is InChI=1S/C23H19ClN4O5/c24-17-8-11-20(28(32)33)19(14-17)23(31)27-18-9-6-16(7-10-18)22(30)26-13-12-25-21(29)15-4-2-1-3-5-15/h1-11,14H,12-13H2,(H,25,29)(H,26,30)(H,27,31). The number of nitrogens with one attached hydrogen (secondary N) is 3. The van der Waals surface area contributed by atoms with Gasteiger partial charge in [0.2, 0.25) is 0 Å². The van der Waals surface area contributed by atoms with Crippen molar-refractivity contribution in [3.8, 4) is 0 Å². The van der Waals surface area contributed by atoms with Crippen molar-refractivity contribution >= 4 is 40.7 Å². The highest BCUT2D eigenvalue weighted by molar-refractivity contribution is 6.31. The van der Waals surface area contributed by atoms with Crippen molar-refractivity contribution in [2.45, 2.75) is 0 Å². The average molecular weight is 467 g/mol.